The second kappa shape index (κ2) is 6.47. The van der Waals surface area contributed by atoms with Crippen molar-refractivity contribution in [1.82, 2.24) is 9.88 Å². The van der Waals surface area contributed by atoms with Crippen molar-refractivity contribution >= 4 is 16.7 Å². The maximum absolute atomic E-state index is 12.4. The number of nitrogens with zero attached hydrogens (tertiary/aromatic N) is 1. The lowest BCUT2D eigenvalue weighted by molar-refractivity contribution is 0.104. The zero-order valence-electron chi connectivity index (χ0n) is 13.0. The molecule has 5 nitrogen and oxygen atoms in total. The number of nitrogens with one attached hydrogen (secondary N) is 1. The molecule has 0 spiro atoms. The maximum Gasteiger partial charge on any atom is 0.265 e. The molecular weight excluding hydrogens is 280 g/mol. The molecule has 116 valence electrons. The largest absolute Gasteiger partial charge is 0.506 e. The number of benzene rings is 1. The van der Waals surface area contributed by atoms with E-state index < -0.39 is 11.3 Å². The van der Waals surface area contributed by atoms with Crippen molar-refractivity contribution in [3.63, 3.8) is 0 Å². The van der Waals surface area contributed by atoms with Crippen LogP contribution < -0.4 is 10.9 Å². The van der Waals surface area contributed by atoms with Crippen LogP contribution in [-0.4, -0.2) is 22.0 Å². The number of hydrogen-bond acceptors (Lipinski definition) is 4. The van der Waals surface area contributed by atoms with E-state index in [0.29, 0.717) is 16.6 Å². The fourth-order valence-electron chi connectivity index (χ4n) is 2.34. The molecule has 0 aliphatic rings. The number of aromatic hydroxyl groups is 1. The molecule has 1 heterocycles. The van der Waals surface area contributed by atoms with E-state index >= 15 is 0 Å². The van der Waals surface area contributed by atoms with Gasteiger partial charge >= 0.3 is 0 Å². The lowest BCUT2D eigenvalue weighted by atomic mass is 10.1. The summed E-state index contributed by atoms with van der Waals surface area (Å²) in [5.41, 5.74) is 0.562. The van der Waals surface area contributed by atoms with E-state index in [9.17, 15) is 14.7 Å². The van der Waals surface area contributed by atoms with Gasteiger partial charge in [0.15, 0.2) is 5.78 Å². The molecule has 0 aliphatic carbocycles. The van der Waals surface area contributed by atoms with Crippen LogP contribution in [0.25, 0.3) is 10.9 Å². The Kier molecular flexibility index (Phi) is 4.65. The minimum atomic E-state index is -0.499. The molecule has 0 unspecified atom stereocenters. The monoisotopic (exact) mass is 300 g/mol. The van der Waals surface area contributed by atoms with E-state index in [-0.39, 0.29) is 11.3 Å². The van der Waals surface area contributed by atoms with Crippen LogP contribution in [0.3, 0.4) is 0 Å². The van der Waals surface area contributed by atoms with E-state index in [1.54, 1.807) is 38.2 Å². The van der Waals surface area contributed by atoms with Gasteiger partial charge in [-0.1, -0.05) is 19.1 Å². The van der Waals surface area contributed by atoms with Crippen molar-refractivity contribution in [3.05, 3.63) is 52.0 Å². The summed E-state index contributed by atoms with van der Waals surface area (Å²) in [4.78, 5) is 24.7. The number of aromatic nitrogens is 1. The molecule has 2 N–H and O–H groups in total. The number of carbonyl (C=O) groups excluding carboxylic acids is 1. The Bertz CT molecular complexity index is 803. The Morgan fingerprint density at radius 2 is 2.05 bits per heavy atom. The second-order valence-corrected chi connectivity index (χ2v) is 5.22. The number of fused-ring (bicyclic) bond motifs is 1. The first-order valence-corrected chi connectivity index (χ1v) is 7.24. The van der Waals surface area contributed by atoms with Gasteiger partial charge in [-0.3, -0.25) is 9.59 Å². The molecule has 1 aromatic carbocycles. The molecule has 5 heteroatoms. The van der Waals surface area contributed by atoms with Crippen molar-refractivity contribution < 1.29 is 9.90 Å². The molecule has 0 fully saturated rings. The standard InChI is InChI=1S/C17H20N2O3/c1-4-9-18-11(2)10-14(20)15-16(21)12-7-5-6-8-13(12)19(3)17(15)22/h5-8,10,18,21H,4,9H2,1-3H3/b11-10+. The minimum Gasteiger partial charge on any atom is -0.506 e. The number of para-hydroxylation sites is 1. The van der Waals surface area contributed by atoms with E-state index in [4.69, 9.17) is 0 Å². The number of ketones is 1. The van der Waals surface area contributed by atoms with Gasteiger partial charge in [-0.15, -0.1) is 0 Å². The average Bonchev–Trinajstić information content (AvgIpc) is 2.51. The lowest BCUT2D eigenvalue weighted by Crippen LogP contribution is -2.25. The average molecular weight is 300 g/mol. The highest BCUT2D eigenvalue weighted by Crippen LogP contribution is 2.26. The summed E-state index contributed by atoms with van der Waals surface area (Å²) in [7, 11) is 1.59. The Hall–Kier alpha value is -2.56. The molecule has 0 saturated heterocycles. The van der Waals surface area contributed by atoms with Crippen molar-refractivity contribution in [1.29, 1.82) is 0 Å². The molecule has 0 radical (unpaired) electrons. The molecule has 2 rings (SSSR count). The summed E-state index contributed by atoms with van der Waals surface area (Å²) in [6.45, 7) is 4.53. The zero-order chi connectivity index (χ0) is 16.3. The quantitative estimate of drug-likeness (QED) is 0.657. The Morgan fingerprint density at radius 3 is 2.73 bits per heavy atom. The molecule has 1 aromatic heterocycles. The van der Waals surface area contributed by atoms with Gasteiger partial charge in [0.1, 0.15) is 11.3 Å². The van der Waals surface area contributed by atoms with Gasteiger partial charge in [-0.2, -0.15) is 0 Å². The summed E-state index contributed by atoms with van der Waals surface area (Å²) in [6, 6.07) is 6.95. The van der Waals surface area contributed by atoms with Crippen LogP contribution in [-0.2, 0) is 7.05 Å². The molecule has 0 bridgehead atoms. The summed E-state index contributed by atoms with van der Waals surface area (Å²) in [5, 5.41) is 13.9. The number of carbonyl (C=O) groups is 1. The van der Waals surface area contributed by atoms with Gasteiger partial charge in [0.05, 0.1) is 5.52 Å². The predicted molar refractivity (Wildman–Crippen MR) is 87.2 cm³/mol. The molecular formula is C17H20N2O3. The Labute approximate surface area is 128 Å². The normalized spacial score (nSPS) is 11.7. The van der Waals surface area contributed by atoms with Gasteiger partial charge in [0, 0.05) is 30.8 Å². The highest BCUT2D eigenvalue weighted by molar-refractivity contribution is 6.09. The topological polar surface area (TPSA) is 71.3 Å². The summed E-state index contributed by atoms with van der Waals surface area (Å²) in [5.74, 6) is -0.756. The molecule has 2 aromatic rings. The molecule has 0 amide bonds. The second-order valence-electron chi connectivity index (χ2n) is 5.22. The number of aryl methyl sites for hydroxylation is 1. The van der Waals surface area contributed by atoms with Crippen molar-refractivity contribution in [3.8, 4) is 5.75 Å². The highest BCUT2D eigenvalue weighted by Gasteiger charge is 2.19. The smallest absolute Gasteiger partial charge is 0.265 e. The lowest BCUT2D eigenvalue weighted by Gasteiger charge is -2.10. The van der Waals surface area contributed by atoms with Crippen molar-refractivity contribution in [2.45, 2.75) is 20.3 Å². The zero-order valence-corrected chi connectivity index (χ0v) is 13.0. The highest BCUT2D eigenvalue weighted by atomic mass is 16.3. The Balaban J connectivity index is 2.56. The molecule has 0 atom stereocenters. The van der Waals surface area contributed by atoms with Crippen LogP contribution in [0.2, 0.25) is 0 Å². The fraction of sp³-hybridized carbons (Fsp3) is 0.294. The first-order chi connectivity index (χ1) is 10.5. The Morgan fingerprint density at radius 1 is 1.36 bits per heavy atom. The van der Waals surface area contributed by atoms with Crippen LogP contribution >= 0.6 is 0 Å². The van der Waals surface area contributed by atoms with Gasteiger partial charge in [0.2, 0.25) is 0 Å². The SMILES string of the molecule is CCCN/C(C)=C/C(=O)c1c(O)c2ccccc2n(C)c1=O. The maximum atomic E-state index is 12.4. The number of hydrogen-bond donors (Lipinski definition) is 2. The van der Waals surface area contributed by atoms with Crippen LogP contribution in [0.5, 0.6) is 5.75 Å². The predicted octanol–water partition coefficient (Wildman–Crippen LogP) is 2.33. The third kappa shape index (κ3) is 2.88. The summed E-state index contributed by atoms with van der Waals surface area (Å²) >= 11 is 0. The van der Waals surface area contributed by atoms with Gasteiger partial charge in [-0.05, 0) is 25.5 Å². The van der Waals surface area contributed by atoms with Gasteiger partial charge in [0.25, 0.3) is 5.56 Å². The van der Waals surface area contributed by atoms with Gasteiger partial charge in [-0.25, -0.2) is 0 Å². The third-order valence-electron chi connectivity index (χ3n) is 3.52. The van der Waals surface area contributed by atoms with Crippen LogP contribution in [0.1, 0.15) is 30.6 Å². The summed E-state index contributed by atoms with van der Waals surface area (Å²) < 4.78 is 1.38. The first-order valence-electron chi connectivity index (χ1n) is 7.24. The molecule has 22 heavy (non-hydrogen) atoms. The number of rotatable bonds is 5. The van der Waals surface area contributed by atoms with E-state index in [1.807, 2.05) is 6.92 Å². The molecule has 0 aliphatic heterocycles. The number of pyridine rings is 1. The van der Waals surface area contributed by atoms with Crippen LogP contribution in [0, 0.1) is 0 Å². The van der Waals surface area contributed by atoms with Crippen LogP contribution in [0.15, 0.2) is 40.8 Å². The van der Waals surface area contributed by atoms with Crippen molar-refractivity contribution in [2.75, 3.05) is 6.54 Å². The first kappa shape index (κ1) is 15.8. The minimum absolute atomic E-state index is 0.196. The van der Waals surface area contributed by atoms with E-state index in [0.717, 1.165) is 13.0 Å². The fourth-order valence-corrected chi connectivity index (χ4v) is 2.34. The van der Waals surface area contributed by atoms with Crippen molar-refractivity contribution in [2.24, 2.45) is 7.05 Å². The summed E-state index contributed by atoms with van der Waals surface area (Å²) in [6.07, 6.45) is 2.28. The van der Waals surface area contributed by atoms with E-state index in [2.05, 4.69) is 5.32 Å². The van der Waals surface area contributed by atoms with Gasteiger partial charge < -0.3 is 15.0 Å². The third-order valence-corrected chi connectivity index (χ3v) is 3.52. The number of allylic oxidation sites excluding steroid dienone is 2. The molecule has 0 saturated carbocycles. The van der Waals surface area contributed by atoms with Crippen LogP contribution in [0.4, 0.5) is 0 Å². The van der Waals surface area contributed by atoms with E-state index in [1.165, 1.54) is 10.6 Å².